The Hall–Kier alpha value is -0.640. The molecular weight excluding hydrogens is 253 g/mol. The zero-order valence-electron chi connectivity index (χ0n) is 10.2. The SMILES string of the molecule is OC1(c2cc(F)ccc2Cl)CCN2CCCCC21. The standard InChI is InChI=1S/C14H17ClFNO/c15-12-5-4-10(16)9-11(12)14(18)6-8-17-7-2-1-3-13(14)17/h4-5,9,13,18H,1-3,6-8H2. The van der Waals surface area contributed by atoms with Crippen LogP contribution in [0.1, 0.15) is 31.2 Å². The summed E-state index contributed by atoms with van der Waals surface area (Å²) >= 11 is 6.15. The lowest BCUT2D eigenvalue weighted by Gasteiger charge is -2.38. The number of hydrogen-bond acceptors (Lipinski definition) is 2. The van der Waals surface area contributed by atoms with Crippen molar-refractivity contribution in [2.45, 2.75) is 37.3 Å². The Morgan fingerprint density at radius 2 is 2.17 bits per heavy atom. The molecule has 0 bridgehead atoms. The average Bonchev–Trinajstić information content (AvgIpc) is 2.72. The quantitative estimate of drug-likeness (QED) is 0.847. The number of benzene rings is 1. The van der Waals surface area contributed by atoms with Crippen LogP contribution in [-0.2, 0) is 5.60 Å². The van der Waals surface area contributed by atoms with Crippen molar-refractivity contribution in [3.63, 3.8) is 0 Å². The van der Waals surface area contributed by atoms with Crippen molar-refractivity contribution in [3.05, 3.63) is 34.6 Å². The number of halogens is 2. The van der Waals surface area contributed by atoms with Gasteiger partial charge in [0.25, 0.3) is 0 Å². The maximum absolute atomic E-state index is 13.4. The highest BCUT2D eigenvalue weighted by Crippen LogP contribution is 2.44. The fourth-order valence-corrected chi connectivity index (χ4v) is 3.70. The lowest BCUT2D eigenvalue weighted by Crippen LogP contribution is -2.45. The third-order valence-electron chi connectivity index (χ3n) is 4.34. The molecule has 2 unspecified atom stereocenters. The highest BCUT2D eigenvalue weighted by molar-refractivity contribution is 6.31. The van der Waals surface area contributed by atoms with Crippen molar-refractivity contribution < 1.29 is 9.50 Å². The van der Waals surface area contributed by atoms with E-state index in [1.54, 1.807) is 0 Å². The molecule has 0 radical (unpaired) electrons. The molecule has 1 N–H and O–H groups in total. The van der Waals surface area contributed by atoms with Crippen LogP contribution >= 0.6 is 11.6 Å². The van der Waals surface area contributed by atoms with Crippen LogP contribution in [-0.4, -0.2) is 29.1 Å². The minimum Gasteiger partial charge on any atom is -0.383 e. The molecule has 0 aliphatic carbocycles. The monoisotopic (exact) mass is 269 g/mol. The summed E-state index contributed by atoms with van der Waals surface area (Å²) in [4.78, 5) is 2.31. The first-order chi connectivity index (χ1) is 8.61. The summed E-state index contributed by atoms with van der Waals surface area (Å²) in [5, 5.41) is 11.4. The lowest BCUT2D eigenvalue weighted by atomic mass is 9.83. The normalized spacial score (nSPS) is 32.5. The van der Waals surface area contributed by atoms with E-state index in [1.807, 2.05) is 0 Å². The molecule has 98 valence electrons. The minimum atomic E-state index is -0.987. The van der Waals surface area contributed by atoms with Crippen LogP contribution in [0.15, 0.2) is 18.2 Å². The summed E-state index contributed by atoms with van der Waals surface area (Å²) in [6.45, 7) is 1.90. The zero-order chi connectivity index (χ0) is 12.8. The zero-order valence-corrected chi connectivity index (χ0v) is 11.0. The summed E-state index contributed by atoms with van der Waals surface area (Å²) in [5.41, 5.74) is -0.432. The number of fused-ring (bicyclic) bond motifs is 1. The molecule has 2 heterocycles. The first kappa shape index (κ1) is 12.4. The highest BCUT2D eigenvalue weighted by Gasteiger charge is 2.48. The Morgan fingerprint density at radius 3 is 3.00 bits per heavy atom. The van der Waals surface area contributed by atoms with E-state index in [2.05, 4.69) is 4.90 Å². The smallest absolute Gasteiger partial charge is 0.123 e. The van der Waals surface area contributed by atoms with Crippen LogP contribution in [0.25, 0.3) is 0 Å². The molecule has 0 spiro atoms. The van der Waals surface area contributed by atoms with Gasteiger partial charge in [-0.25, -0.2) is 4.39 Å². The lowest BCUT2D eigenvalue weighted by molar-refractivity contribution is -0.0139. The number of aliphatic hydroxyl groups is 1. The molecule has 2 atom stereocenters. The molecule has 3 rings (SSSR count). The van der Waals surface area contributed by atoms with Gasteiger partial charge in [-0.2, -0.15) is 0 Å². The van der Waals surface area contributed by atoms with Crippen molar-refractivity contribution in [2.24, 2.45) is 0 Å². The minimum absolute atomic E-state index is 0.0885. The summed E-state index contributed by atoms with van der Waals surface area (Å²) < 4.78 is 13.4. The van der Waals surface area contributed by atoms with Crippen LogP contribution in [0.3, 0.4) is 0 Å². The molecular formula is C14H17ClFNO. The molecule has 2 nitrogen and oxygen atoms in total. The number of rotatable bonds is 1. The van der Waals surface area contributed by atoms with Gasteiger partial charge in [-0.3, -0.25) is 4.90 Å². The van der Waals surface area contributed by atoms with E-state index in [0.717, 1.165) is 25.9 Å². The number of hydrogen-bond donors (Lipinski definition) is 1. The molecule has 4 heteroatoms. The molecule has 18 heavy (non-hydrogen) atoms. The average molecular weight is 270 g/mol. The third kappa shape index (κ3) is 1.85. The van der Waals surface area contributed by atoms with Crippen molar-refractivity contribution in [1.82, 2.24) is 4.90 Å². The van der Waals surface area contributed by atoms with Gasteiger partial charge in [0.1, 0.15) is 11.4 Å². The number of piperidine rings is 1. The molecule has 2 saturated heterocycles. The molecule has 2 aliphatic heterocycles. The van der Waals surface area contributed by atoms with Gasteiger partial charge in [-0.15, -0.1) is 0 Å². The van der Waals surface area contributed by atoms with Crippen LogP contribution in [0.5, 0.6) is 0 Å². The molecule has 1 aromatic carbocycles. The predicted molar refractivity (Wildman–Crippen MR) is 69.1 cm³/mol. The van der Waals surface area contributed by atoms with Crippen molar-refractivity contribution in [2.75, 3.05) is 13.1 Å². The summed E-state index contributed by atoms with van der Waals surface area (Å²) in [7, 11) is 0. The van der Waals surface area contributed by atoms with Gasteiger partial charge >= 0.3 is 0 Å². The Balaban J connectivity index is 2.01. The van der Waals surface area contributed by atoms with Crippen molar-refractivity contribution in [3.8, 4) is 0 Å². The van der Waals surface area contributed by atoms with E-state index >= 15 is 0 Å². The van der Waals surface area contributed by atoms with Crippen LogP contribution in [0, 0.1) is 5.82 Å². The first-order valence-corrected chi connectivity index (χ1v) is 6.91. The second-order valence-electron chi connectivity index (χ2n) is 5.35. The molecule has 2 fully saturated rings. The van der Waals surface area contributed by atoms with Gasteiger partial charge in [-0.1, -0.05) is 18.0 Å². The number of nitrogens with zero attached hydrogens (tertiary/aromatic N) is 1. The molecule has 0 aromatic heterocycles. The van der Waals surface area contributed by atoms with Gasteiger partial charge < -0.3 is 5.11 Å². The van der Waals surface area contributed by atoms with Gasteiger partial charge in [0, 0.05) is 23.2 Å². The summed E-state index contributed by atoms with van der Waals surface area (Å²) in [6.07, 6.45) is 3.91. The predicted octanol–water partition coefficient (Wildman–Crippen LogP) is 2.92. The van der Waals surface area contributed by atoms with Crippen LogP contribution < -0.4 is 0 Å². The van der Waals surface area contributed by atoms with Gasteiger partial charge in [0.15, 0.2) is 0 Å². The van der Waals surface area contributed by atoms with E-state index < -0.39 is 5.60 Å². The highest BCUT2D eigenvalue weighted by atomic mass is 35.5. The Morgan fingerprint density at radius 1 is 1.33 bits per heavy atom. The first-order valence-electron chi connectivity index (χ1n) is 6.53. The van der Waals surface area contributed by atoms with E-state index in [9.17, 15) is 9.50 Å². The molecule has 2 aliphatic rings. The fourth-order valence-electron chi connectivity index (χ4n) is 3.42. The van der Waals surface area contributed by atoms with Gasteiger partial charge in [0.05, 0.1) is 0 Å². The van der Waals surface area contributed by atoms with Crippen molar-refractivity contribution in [1.29, 1.82) is 0 Å². The summed E-state index contributed by atoms with van der Waals surface area (Å²) in [6, 6.07) is 4.35. The van der Waals surface area contributed by atoms with Gasteiger partial charge in [-0.05, 0) is 44.0 Å². The largest absolute Gasteiger partial charge is 0.383 e. The third-order valence-corrected chi connectivity index (χ3v) is 4.67. The van der Waals surface area contributed by atoms with E-state index in [4.69, 9.17) is 11.6 Å². The summed E-state index contributed by atoms with van der Waals surface area (Å²) in [5.74, 6) is -0.336. The Bertz CT molecular complexity index is 467. The van der Waals surface area contributed by atoms with Gasteiger partial charge in [0.2, 0.25) is 0 Å². The van der Waals surface area contributed by atoms with Crippen LogP contribution in [0.2, 0.25) is 5.02 Å². The second-order valence-corrected chi connectivity index (χ2v) is 5.75. The second kappa shape index (κ2) is 4.48. The van der Waals surface area contributed by atoms with Crippen molar-refractivity contribution >= 4 is 11.6 Å². The molecule has 1 aromatic rings. The topological polar surface area (TPSA) is 23.5 Å². The maximum atomic E-state index is 13.4. The van der Waals surface area contributed by atoms with E-state index in [1.165, 1.54) is 24.6 Å². The molecule has 0 amide bonds. The Kier molecular flexibility index (Phi) is 3.08. The van der Waals surface area contributed by atoms with E-state index in [-0.39, 0.29) is 11.9 Å². The maximum Gasteiger partial charge on any atom is 0.123 e. The molecule has 0 saturated carbocycles. The fraction of sp³-hybridized carbons (Fsp3) is 0.571. The van der Waals surface area contributed by atoms with Crippen LogP contribution in [0.4, 0.5) is 4.39 Å². The Labute approximate surface area is 111 Å². The van der Waals surface area contributed by atoms with E-state index in [0.29, 0.717) is 17.0 Å².